The molecule has 0 unspecified atom stereocenters. The third-order valence-corrected chi connectivity index (χ3v) is 3.02. The average Bonchev–Trinajstić information content (AvgIpc) is 2.73. The molecule has 0 spiro atoms. The van der Waals surface area contributed by atoms with Crippen molar-refractivity contribution >= 4 is 11.2 Å². The summed E-state index contributed by atoms with van der Waals surface area (Å²) in [7, 11) is 0. The van der Waals surface area contributed by atoms with Gasteiger partial charge in [-0.15, -0.1) is 0 Å². The molecule has 3 rings (SSSR count). The summed E-state index contributed by atoms with van der Waals surface area (Å²) in [6.45, 7) is 3.56. The molecule has 5 nitrogen and oxygen atoms in total. The van der Waals surface area contributed by atoms with Gasteiger partial charge in [0, 0.05) is 19.3 Å². The maximum atomic E-state index is 5.37. The summed E-state index contributed by atoms with van der Waals surface area (Å²) in [5, 5.41) is 0. The van der Waals surface area contributed by atoms with Gasteiger partial charge in [-0.25, -0.2) is 15.0 Å². The average molecular weight is 218 g/mol. The van der Waals surface area contributed by atoms with Crippen molar-refractivity contribution in [1.82, 2.24) is 19.5 Å². The van der Waals surface area contributed by atoms with Crippen LogP contribution in [0.25, 0.3) is 11.2 Å². The quantitative estimate of drug-likeness (QED) is 0.727. The molecular weight excluding hydrogens is 204 g/mol. The topological polar surface area (TPSA) is 52.8 Å². The monoisotopic (exact) mass is 218 g/mol. The van der Waals surface area contributed by atoms with Crippen LogP contribution in [0.2, 0.25) is 0 Å². The number of aromatic nitrogens is 4. The third kappa shape index (κ3) is 1.57. The summed E-state index contributed by atoms with van der Waals surface area (Å²) in [4.78, 5) is 12.9. The van der Waals surface area contributed by atoms with Gasteiger partial charge in [0.1, 0.15) is 11.3 Å². The van der Waals surface area contributed by atoms with E-state index in [-0.39, 0.29) is 0 Å². The minimum Gasteiger partial charge on any atom is -0.381 e. The summed E-state index contributed by atoms with van der Waals surface area (Å²) >= 11 is 0. The molecule has 16 heavy (non-hydrogen) atoms. The first kappa shape index (κ1) is 9.72. The molecule has 0 atom stereocenters. The fourth-order valence-corrected chi connectivity index (χ4v) is 2.14. The van der Waals surface area contributed by atoms with Crippen LogP contribution < -0.4 is 0 Å². The van der Waals surface area contributed by atoms with Gasteiger partial charge in [-0.05, 0) is 19.8 Å². The number of imidazole rings is 1. The molecule has 0 N–H and O–H groups in total. The zero-order valence-corrected chi connectivity index (χ0v) is 9.26. The smallest absolute Gasteiger partial charge is 0.163 e. The van der Waals surface area contributed by atoms with Crippen LogP contribution in [0.15, 0.2) is 12.5 Å². The van der Waals surface area contributed by atoms with E-state index in [2.05, 4.69) is 19.5 Å². The zero-order valence-electron chi connectivity index (χ0n) is 9.26. The van der Waals surface area contributed by atoms with Gasteiger partial charge in [0.25, 0.3) is 0 Å². The van der Waals surface area contributed by atoms with E-state index in [1.54, 1.807) is 6.20 Å². The molecule has 0 bridgehead atoms. The molecular formula is C11H14N4O. The third-order valence-electron chi connectivity index (χ3n) is 3.02. The van der Waals surface area contributed by atoms with E-state index < -0.39 is 0 Å². The molecule has 0 amide bonds. The Morgan fingerprint density at radius 1 is 1.31 bits per heavy atom. The van der Waals surface area contributed by atoms with E-state index in [0.29, 0.717) is 6.04 Å². The largest absolute Gasteiger partial charge is 0.381 e. The first-order valence-corrected chi connectivity index (χ1v) is 5.58. The minimum atomic E-state index is 0.466. The van der Waals surface area contributed by atoms with Gasteiger partial charge in [0.15, 0.2) is 5.65 Å². The Balaban J connectivity index is 2.05. The van der Waals surface area contributed by atoms with Crippen LogP contribution in [-0.4, -0.2) is 32.7 Å². The van der Waals surface area contributed by atoms with Gasteiger partial charge in [-0.1, -0.05) is 0 Å². The van der Waals surface area contributed by atoms with Crippen molar-refractivity contribution in [3.63, 3.8) is 0 Å². The van der Waals surface area contributed by atoms with Gasteiger partial charge in [-0.3, -0.25) is 0 Å². The van der Waals surface area contributed by atoms with Gasteiger partial charge in [0.05, 0.1) is 12.5 Å². The zero-order chi connectivity index (χ0) is 11.0. The van der Waals surface area contributed by atoms with Gasteiger partial charge in [0.2, 0.25) is 0 Å². The van der Waals surface area contributed by atoms with Crippen LogP contribution in [0.5, 0.6) is 0 Å². The van der Waals surface area contributed by atoms with Crippen LogP contribution in [-0.2, 0) is 4.74 Å². The van der Waals surface area contributed by atoms with E-state index >= 15 is 0 Å². The van der Waals surface area contributed by atoms with E-state index in [4.69, 9.17) is 4.74 Å². The van der Waals surface area contributed by atoms with Crippen LogP contribution in [0, 0.1) is 6.92 Å². The molecule has 2 aromatic heterocycles. The maximum Gasteiger partial charge on any atom is 0.163 e. The lowest BCUT2D eigenvalue weighted by Gasteiger charge is -2.23. The molecule has 5 heteroatoms. The number of fused-ring (bicyclic) bond motifs is 1. The van der Waals surface area contributed by atoms with Gasteiger partial charge in [-0.2, -0.15) is 0 Å². The summed E-state index contributed by atoms with van der Waals surface area (Å²) in [5.74, 6) is 0.793. The molecule has 2 aromatic rings. The second-order valence-electron chi connectivity index (χ2n) is 4.12. The molecule has 0 radical (unpaired) electrons. The number of rotatable bonds is 1. The minimum absolute atomic E-state index is 0.466. The molecule has 1 aliphatic heterocycles. The number of hydrogen-bond donors (Lipinski definition) is 0. The summed E-state index contributed by atoms with van der Waals surface area (Å²) in [6.07, 6.45) is 5.73. The second kappa shape index (κ2) is 3.83. The maximum absolute atomic E-state index is 5.37. The molecule has 1 saturated heterocycles. The Kier molecular flexibility index (Phi) is 2.32. The van der Waals surface area contributed by atoms with Crippen LogP contribution in [0.3, 0.4) is 0 Å². The summed E-state index contributed by atoms with van der Waals surface area (Å²) in [5.41, 5.74) is 1.82. The molecule has 0 aliphatic carbocycles. The lowest BCUT2D eigenvalue weighted by Crippen LogP contribution is -2.19. The lowest BCUT2D eigenvalue weighted by atomic mass is 10.1. The highest BCUT2D eigenvalue weighted by Crippen LogP contribution is 2.24. The highest BCUT2D eigenvalue weighted by atomic mass is 16.5. The van der Waals surface area contributed by atoms with Crippen molar-refractivity contribution in [2.45, 2.75) is 25.8 Å². The van der Waals surface area contributed by atoms with Crippen molar-refractivity contribution in [3.8, 4) is 0 Å². The Morgan fingerprint density at radius 2 is 2.12 bits per heavy atom. The molecule has 0 saturated carbocycles. The fourth-order valence-electron chi connectivity index (χ4n) is 2.14. The highest BCUT2D eigenvalue weighted by molar-refractivity contribution is 5.69. The number of aryl methyl sites for hydroxylation is 1. The van der Waals surface area contributed by atoms with Crippen LogP contribution >= 0.6 is 0 Å². The van der Waals surface area contributed by atoms with Crippen molar-refractivity contribution in [3.05, 3.63) is 18.3 Å². The summed E-state index contributed by atoms with van der Waals surface area (Å²) < 4.78 is 7.53. The Bertz CT molecular complexity index is 502. The van der Waals surface area contributed by atoms with E-state index in [0.717, 1.165) is 43.0 Å². The van der Waals surface area contributed by atoms with E-state index in [9.17, 15) is 0 Å². The molecule has 1 fully saturated rings. The van der Waals surface area contributed by atoms with E-state index in [1.807, 2.05) is 13.3 Å². The standard InChI is InChI=1S/C11H14N4O/c1-8-12-6-10-11(14-8)15(7-13-10)9-2-4-16-5-3-9/h6-7,9H,2-5H2,1H3. The van der Waals surface area contributed by atoms with E-state index in [1.165, 1.54) is 0 Å². The SMILES string of the molecule is Cc1ncc2ncn(C3CCOCC3)c2n1. The normalized spacial score (nSPS) is 18.1. The first-order chi connectivity index (χ1) is 7.84. The first-order valence-electron chi connectivity index (χ1n) is 5.58. The number of ether oxygens (including phenoxy) is 1. The van der Waals surface area contributed by atoms with Crippen LogP contribution in [0.4, 0.5) is 0 Å². The second-order valence-corrected chi connectivity index (χ2v) is 4.12. The van der Waals surface area contributed by atoms with Crippen molar-refractivity contribution in [2.24, 2.45) is 0 Å². The van der Waals surface area contributed by atoms with Crippen molar-refractivity contribution in [1.29, 1.82) is 0 Å². The molecule has 3 heterocycles. The van der Waals surface area contributed by atoms with Crippen molar-refractivity contribution in [2.75, 3.05) is 13.2 Å². The summed E-state index contributed by atoms with van der Waals surface area (Å²) in [6, 6.07) is 0.466. The number of nitrogens with zero attached hydrogens (tertiary/aromatic N) is 4. The fraction of sp³-hybridized carbons (Fsp3) is 0.545. The van der Waals surface area contributed by atoms with Crippen LogP contribution in [0.1, 0.15) is 24.7 Å². The Labute approximate surface area is 93.5 Å². The Morgan fingerprint density at radius 3 is 2.94 bits per heavy atom. The predicted octanol–water partition coefficient (Wildman–Crippen LogP) is 1.49. The predicted molar refractivity (Wildman–Crippen MR) is 59.2 cm³/mol. The van der Waals surface area contributed by atoms with Gasteiger partial charge >= 0.3 is 0 Å². The molecule has 84 valence electrons. The number of hydrogen-bond acceptors (Lipinski definition) is 4. The molecule has 0 aromatic carbocycles. The van der Waals surface area contributed by atoms with Gasteiger partial charge < -0.3 is 9.30 Å². The lowest BCUT2D eigenvalue weighted by molar-refractivity contribution is 0.0704. The Hall–Kier alpha value is -1.49. The van der Waals surface area contributed by atoms with Crippen molar-refractivity contribution < 1.29 is 4.74 Å². The highest BCUT2D eigenvalue weighted by Gasteiger charge is 2.18. The molecule has 1 aliphatic rings.